The van der Waals surface area contributed by atoms with Gasteiger partial charge in [0.15, 0.2) is 5.58 Å². The number of aromatic nitrogens is 1. The number of aliphatic carboxylic acids is 1. The molecule has 202 valence electrons. The summed E-state index contributed by atoms with van der Waals surface area (Å²) in [5.74, 6) is 0.0757. The van der Waals surface area contributed by atoms with E-state index in [9.17, 15) is 14.7 Å². The lowest BCUT2D eigenvalue weighted by molar-refractivity contribution is -0.140. The molecule has 1 saturated carbocycles. The number of para-hydroxylation sites is 3. The van der Waals surface area contributed by atoms with Gasteiger partial charge in [-0.25, -0.2) is 9.78 Å². The standard InChI is InChI=1S/C31H33N3O5/c35-30(23-8-4-5-9-23)34(24-10-2-1-3-11-24)27(31(36)37)20-22-14-16-25(17-15-22)38-19-18-32-21-29-33-26-12-6-7-13-28(26)39-29/h1-3,6-7,10-17,23,27,32H,4-5,8-9,18-21H2,(H,36,37). The van der Waals surface area contributed by atoms with Crippen LogP contribution in [-0.2, 0) is 22.6 Å². The third kappa shape index (κ3) is 6.64. The number of carboxylic acids is 1. The molecule has 2 N–H and O–H groups in total. The zero-order chi connectivity index (χ0) is 27.0. The van der Waals surface area contributed by atoms with E-state index in [4.69, 9.17) is 9.15 Å². The van der Waals surface area contributed by atoms with Gasteiger partial charge in [-0.15, -0.1) is 0 Å². The summed E-state index contributed by atoms with van der Waals surface area (Å²) in [6.45, 7) is 1.57. The third-order valence-corrected chi connectivity index (χ3v) is 7.09. The van der Waals surface area contributed by atoms with Crippen molar-refractivity contribution in [3.8, 4) is 5.75 Å². The maximum absolute atomic E-state index is 13.5. The van der Waals surface area contributed by atoms with Crippen LogP contribution in [0.3, 0.4) is 0 Å². The van der Waals surface area contributed by atoms with Crippen molar-refractivity contribution in [2.75, 3.05) is 18.1 Å². The highest BCUT2D eigenvalue weighted by atomic mass is 16.5. The molecule has 0 bridgehead atoms. The normalized spacial score (nSPS) is 14.4. The number of oxazole rings is 1. The Bertz CT molecular complexity index is 1350. The smallest absolute Gasteiger partial charge is 0.327 e. The van der Waals surface area contributed by atoms with Crippen LogP contribution in [0.25, 0.3) is 11.1 Å². The van der Waals surface area contributed by atoms with Crippen LogP contribution in [0.2, 0.25) is 0 Å². The van der Waals surface area contributed by atoms with E-state index in [1.807, 2.05) is 66.7 Å². The van der Waals surface area contributed by atoms with Crippen LogP contribution in [0.4, 0.5) is 5.69 Å². The van der Waals surface area contributed by atoms with Crippen LogP contribution in [0.1, 0.15) is 37.1 Å². The Morgan fingerprint density at radius 2 is 1.72 bits per heavy atom. The predicted molar refractivity (Wildman–Crippen MR) is 149 cm³/mol. The van der Waals surface area contributed by atoms with Crippen molar-refractivity contribution in [1.82, 2.24) is 10.3 Å². The molecule has 3 aromatic carbocycles. The van der Waals surface area contributed by atoms with Crippen LogP contribution >= 0.6 is 0 Å². The number of carbonyl (C=O) groups excluding carboxylic acids is 1. The lowest BCUT2D eigenvalue weighted by atomic mass is 10.00. The van der Waals surface area contributed by atoms with Crippen molar-refractivity contribution in [3.05, 3.63) is 90.3 Å². The van der Waals surface area contributed by atoms with Crippen molar-refractivity contribution < 1.29 is 23.8 Å². The molecule has 1 unspecified atom stereocenters. The minimum absolute atomic E-state index is 0.101. The Hall–Kier alpha value is -4.17. The number of carboxylic acid groups (broad SMARTS) is 1. The second-order valence-corrected chi connectivity index (χ2v) is 9.83. The fraction of sp³-hybridized carbons (Fsp3) is 0.323. The van der Waals surface area contributed by atoms with Gasteiger partial charge >= 0.3 is 5.97 Å². The highest BCUT2D eigenvalue weighted by Crippen LogP contribution is 2.30. The van der Waals surface area contributed by atoms with Crippen molar-refractivity contribution in [2.45, 2.75) is 44.7 Å². The molecule has 5 rings (SSSR count). The van der Waals surface area contributed by atoms with Crippen molar-refractivity contribution in [3.63, 3.8) is 0 Å². The van der Waals surface area contributed by atoms with Gasteiger partial charge in [0.2, 0.25) is 11.8 Å². The molecule has 1 aromatic heterocycles. The number of fused-ring (bicyclic) bond motifs is 1. The molecule has 0 aliphatic heterocycles. The SMILES string of the molecule is O=C(O)C(Cc1ccc(OCCNCc2nc3ccccc3o2)cc1)N(C(=O)C1CCCC1)c1ccccc1. The Morgan fingerprint density at radius 1 is 1.00 bits per heavy atom. The van der Waals surface area contributed by atoms with Crippen molar-refractivity contribution in [2.24, 2.45) is 5.92 Å². The molecule has 0 saturated heterocycles. The first-order valence-corrected chi connectivity index (χ1v) is 13.5. The van der Waals surface area contributed by atoms with Crippen LogP contribution in [0.15, 0.2) is 83.3 Å². The topological polar surface area (TPSA) is 105 Å². The van der Waals surface area contributed by atoms with E-state index in [-0.39, 0.29) is 18.2 Å². The van der Waals surface area contributed by atoms with Gasteiger partial charge in [0, 0.05) is 24.6 Å². The zero-order valence-electron chi connectivity index (χ0n) is 21.8. The average molecular weight is 528 g/mol. The Morgan fingerprint density at radius 3 is 2.44 bits per heavy atom. The van der Waals surface area contributed by atoms with Gasteiger partial charge in [0.25, 0.3) is 0 Å². The lowest BCUT2D eigenvalue weighted by Gasteiger charge is -2.31. The maximum atomic E-state index is 13.5. The molecule has 1 fully saturated rings. The molecule has 1 heterocycles. The largest absolute Gasteiger partial charge is 0.492 e. The number of nitrogens with zero attached hydrogens (tertiary/aromatic N) is 2. The third-order valence-electron chi connectivity index (χ3n) is 7.09. The lowest BCUT2D eigenvalue weighted by Crippen LogP contribution is -2.48. The van der Waals surface area contributed by atoms with Crippen molar-refractivity contribution in [1.29, 1.82) is 0 Å². The first-order valence-electron chi connectivity index (χ1n) is 13.5. The number of carbonyl (C=O) groups is 2. The Labute approximate surface area is 227 Å². The molecule has 1 aliphatic rings. The number of nitrogens with one attached hydrogen (secondary N) is 1. The van der Waals surface area contributed by atoms with Crippen LogP contribution in [0.5, 0.6) is 5.75 Å². The number of hydrogen-bond donors (Lipinski definition) is 2. The summed E-state index contributed by atoms with van der Waals surface area (Å²) in [7, 11) is 0. The molecule has 8 heteroatoms. The quantitative estimate of drug-likeness (QED) is 0.244. The number of ether oxygens (including phenoxy) is 1. The number of rotatable bonds is 12. The van der Waals surface area contributed by atoms with E-state index in [2.05, 4.69) is 10.3 Å². The summed E-state index contributed by atoms with van der Waals surface area (Å²) in [4.78, 5) is 31.8. The van der Waals surface area contributed by atoms with Gasteiger partial charge in [-0.1, -0.05) is 55.3 Å². The second-order valence-electron chi connectivity index (χ2n) is 9.83. The monoisotopic (exact) mass is 527 g/mol. The minimum Gasteiger partial charge on any atom is -0.492 e. The molecule has 1 atom stereocenters. The van der Waals surface area contributed by atoms with E-state index in [0.29, 0.717) is 37.0 Å². The van der Waals surface area contributed by atoms with E-state index in [1.54, 1.807) is 12.1 Å². The molecular weight excluding hydrogens is 494 g/mol. The van der Waals surface area contributed by atoms with Crippen LogP contribution in [0, 0.1) is 5.92 Å². The van der Waals surface area contributed by atoms with Gasteiger partial charge in [0.05, 0.1) is 6.54 Å². The van der Waals surface area contributed by atoms with E-state index < -0.39 is 12.0 Å². The van der Waals surface area contributed by atoms with Crippen LogP contribution in [-0.4, -0.2) is 41.2 Å². The summed E-state index contributed by atoms with van der Waals surface area (Å²) in [5.41, 5.74) is 3.05. The number of amides is 1. The van der Waals surface area contributed by atoms with E-state index >= 15 is 0 Å². The second kappa shape index (κ2) is 12.6. The number of hydrogen-bond acceptors (Lipinski definition) is 6. The Balaban J connectivity index is 1.17. The molecule has 8 nitrogen and oxygen atoms in total. The summed E-state index contributed by atoms with van der Waals surface area (Å²) in [6.07, 6.45) is 3.83. The van der Waals surface area contributed by atoms with Gasteiger partial charge in [-0.05, 0) is 54.8 Å². The molecule has 1 aliphatic carbocycles. The summed E-state index contributed by atoms with van der Waals surface area (Å²) in [6, 6.07) is 23.2. The maximum Gasteiger partial charge on any atom is 0.327 e. The van der Waals surface area contributed by atoms with Crippen molar-refractivity contribution >= 4 is 28.7 Å². The van der Waals surface area contributed by atoms with Gasteiger partial charge in [-0.3, -0.25) is 9.69 Å². The van der Waals surface area contributed by atoms with Gasteiger partial charge in [0.1, 0.15) is 23.9 Å². The highest BCUT2D eigenvalue weighted by molar-refractivity contribution is 6.00. The first kappa shape index (κ1) is 26.4. The zero-order valence-corrected chi connectivity index (χ0v) is 21.8. The molecule has 4 aromatic rings. The van der Waals surface area contributed by atoms with Crippen LogP contribution < -0.4 is 15.0 Å². The molecule has 0 spiro atoms. The predicted octanol–water partition coefficient (Wildman–Crippen LogP) is 5.22. The number of anilines is 1. The fourth-order valence-electron chi connectivity index (χ4n) is 5.08. The highest BCUT2D eigenvalue weighted by Gasteiger charge is 2.36. The Kier molecular flexibility index (Phi) is 8.53. The van der Waals surface area contributed by atoms with Gasteiger partial charge in [-0.2, -0.15) is 0 Å². The molecule has 1 amide bonds. The molecule has 39 heavy (non-hydrogen) atoms. The first-order chi connectivity index (χ1) is 19.1. The van der Waals surface area contributed by atoms with Gasteiger partial charge < -0.3 is 19.6 Å². The molecular formula is C31H33N3O5. The van der Waals surface area contributed by atoms with E-state index in [1.165, 1.54) is 4.90 Å². The summed E-state index contributed by atoms with van der Waals surface area (Å²) in [5, 5.41) is 13.4. The van der Waals surface area contributed by atoms with E-state index in [0.717, 1.165) is 42.3 Å². The molecule has 0 radical (unpaired) electrons. The summed E-state index contributed by atoms with van der Waals surface area (Å²) >= 11 is 0. The number of benzene rings is 3. The average Bonchev–Trinajstić information content (AvgIpc) is 3.64. The fourth-order valence-corrected chi connectivity index (χ4v) is 5.08. The summed E-state index contributed by atoms with van der Waals surface area (Å²) < 4.78 is 11.5. The minimum atomic E-state index is -1.02.